The second-order valence-electron chi connectivity index (χ2n) is 4.28. The van der Waals surface area contributed by atoms with Crippen LogP contribution in [0.3, 0.4) is 0 Å². The molecule has 23 heavy (non-hydrogen) atoms. The number of hydrogen-bond donors (Lipinski definition) is 2. The van der Waals surface area contributed by atoms with E-state index in [-0.39, 0.29) is 67.2 Å². The van der Waals surface area contributed by atoms with Crippen molar-refractivity contribution >= 4 is 42.3 Å². The minimum Gasteiger partial charge on any atom is -0.475 e. The van der Waals surface area contributed by atoms with Crippen LogP contribution in [-0.2, 0) is 11.0 Å². The lowest BCUT2D eigenvalue weighted by atomic mass is 10.2. The van der Waals surface area contributed by atoms with Gasteiger partial charge in [0.15, 0.2) is 0 Å². The third kappa shape index (κ3) is 7.92. The van der Waals surface area contributed by atoms with Crippen molar-refractivity contribution in [2.45, 2.75) is 13.1 Å². The van der Waals surface area contributed by atoms with Crippen molar-refractivity contribution in [1.82, 2.24) is 10.3 Å². The lowest BCUT2D eigenvalue weighted by Gasteiger charge is -2.12. The van der Waals surface area contributed by atoms with Gasteiger partial charge in [-0.25, -0.2) is 4.98 Å². The molecule has 1 unspecified atom stereocenters. The SMILES string of the molecule is CC(CN)C(=O)NCCOc1ncc(C(F)(F)F)cc1Cl.Cl.Cl. The molecule has 1 atom stereocenters. The minimum absolute atomic E-state index is 0. The van der Waals surface area contributed by atoms with E-state index < -0.39 is 11.7 Å². The Bertz CT molecular complexity index is 504. The van der Waals surface area contributed by atoms with Gasteiger partial charge < -0.3 is 15.8 Å². The Kier molecular flexibility index (Phi) is 11.4. The summed E-state index contributed by atoms with van der Waals surface area (Å²) in [5.74, 6) is -0.670. The lowest BCUT2D eigenvalue weighted by Crippen LogP contribution is -2.35. The summed E-state index contributed by atoms with van der Waals surface area (Å²) in [5.41, 5.74) is 4.37. The summed E-state index contributed by atoms with van der Waals surface area (Å²) < 4.78 is 42.3. The number of aromatic nitrogens is 1. The van der Waals surface area contributed by atoms with Crippen LogP contribution in [0, 0.1) is 5.92 Å². The maximum Gasteiger partial charge on any atom is 0.417 e. The highest BCUT2D eigenvalue weighted by Crippen LogP contribution is 2.32. The molecule has 0 aliphatic heterocycles. The number of alkyl halides is 3. The Hall–Kier alpha value is -0.960. The maximum atomic E-state index is 12.4. The first kappa shape index (κ1) is 24.3. The van der Waals surface area contributed by atoms with Crippen molar-refractivity contribution in [2.75, 3.05) is 19.7 Å². The predicted molar refractivity (Wildman–Crippen MR) is 85.5 cm³/mol. The van der Waals surface area contributed by atoms with E-state index in [1.165, 1.54) is 0 Å². The molecule has 0 spiro atoms. The quantitative estimate of drug-likeness (QED) is 0.722. The van der Waals surface area contributed by atoms with Crippen molar-refractivity contribution in [3.63, 3.8) is 0 Å². The number of carbonyl (C=O) groups is 1. The second kappa shape index (κ2) is 10.7. The number of amides is 1. The number of hydrogen-bond acceptors (Lipinski definition) is 4. The molecule has 0 aliphatic carbocycles. The van der Waals surface area contributed by atoms with E-state index in [1.807, 2.05) is 0 Å². The summed E-state index contributed by atoms with van der Waals surface area (Å²) in [4.78, 5) is 14.9. The number of rotatable bonds is 6. The number of ether oxygens (including phenoxy) is 1. The van der Waals surface area contributed by atoms with Crippen LogP contribution in [-0.4, -0.2) is 30.6 Å². The van der Waals surface area contributed by atoms with Crippen LogP contribution in [0.2, 0.25) is 5.02 Å². The van der Waals surface area contributed by atoms with Gasteiger partial charge in [-0.3, -0.25) is 4.79 Å². The molecule has 5 nitrogen and oxygen atoms in total. The third-order valence-corrected chi connectivity index (χ3v) is 2.85. The van der Waals surface area contributed by atoms with Crippen LogP contribution in [0.1, 0.15) is 12.5 Å². The number of nitrogens with one attached hydrogen (secondary N) is 1. The van der Waals surface area contributed by atoms with Gasteiger partial charge in [0.1, 0.15) is 11.6 Å². The zero-order valence-corrected chi connectivity index (χ0v) is 14.4. The standard InChI is InChI=1S/C12H15ClF3N3O2.2ClH/c1-7(5-17)10(20)18-2-3-21-11-9(13)4-8(6-19-11)12(14,15)16;;/h4,6-7H,2-3,5,17H2,1H3,(H,18,20);2*1H. The summed E-state index contributed by atoms with van der Waals surface area (Å²) in [7, 11) is 0. The average Bonchev–Trinajstić information content (AvgIpc) is 2.42. The van der Waals surface area contributed by atoms with E-state index in [0.717, 1.165) is 6.07 Å². The molecule has 1 rings (SSSR count). The zero-order valence-electron chi connectivity index (χ0n) is 12.0. The van der Waals surface area contributed by atoms with Gasteiger partial charge in [0.25, 0.3) is 0 Å². The monoisotopic (exact) mass is 397 g/mol. The Labute approximate surface area is 148 Å². The van der Waals surface area contributed by atoms with Crippen LogP contribution in [0.5, 0.6) is 5.88 Å². The Morgan fingerprint density at radius 2 is 2.09 bits per heavy atom. The van der Waals surface area contributed by atoms with E-state index in [9.17, 15) is 18.0 Å². The Morgan fingerprint density at radius 3 is 2.57 bits per heavy atom. The van der Waals surface area contributed by atoms with Gasteiger partial charge in [-0.2, -0.15) is 13.2 Å². The largest absolute Gasteiger partial charge is 0.475 e. The first-order valence-corrected chi connectivity index (χ1v) is 6.46. The molecule has 11 heteroatoms. The molecule has 134 valence electrons. The molecule has 0 saturated heterocycles. The van der Waals surface area contributed by atoms with Crippen LogP contribution in [0.4, 0.5) is 13.2 Å². The molecule has 0 aromatic carbocycles. The lowest BCUT2D eigenvalue weighted by molar-refractivity contribution is -0.137. The van der Waals surface area contributed by atoms with Gasteiger partial charge in [0, 0.05) is 18.7 Å². The summed E-state index contributed by atoms with van der Waals surface area (Å²) in [5, 5.41) is 2.32. The molecule has 0 bridgehead atoms. The smallest absolute Gasteiger partial charge is 0.417 e. The first-order chi connectivity index (χ1) is 9.75. The first-order valence-electron chi connectivity index (χ1n) is 6.09. The van der Waals surface area contributed by atoms with Gasteiger partial charge in [0.05, 0.1) is 12.1 Å². The molecule has 0 fully saturated rings. The van der Waals surface area contributed by atoms with Crippen molar-refractivity contribution in [3.8, 4) is 5.88 Å². The fourth-order valence-electron chi connectivity index (χ4n) is 1.29. The highest BCUT2D eigenvalue weighted by Gasteiger charge is 2.31. The number of halogens is 6. The van der Waals surface area contributed by atoms with Crippen LogP contribution < -0.4 is 15.8 Å². The average molecular weight is 399 g/mol. The third-order valence-electron chi connectivity index (χ3n) is 2.58. The highest BCUT2D eigenvalue weighted by atomic mass is 35.5. The topological polar surface area (TPSA) is 77.2 Å². The molecule has 3 N–H and O–H groups in total. The van der Waals surface area contributed by atoms with Crippen LogP contribution in [0.15, 0.2) is 12.3 Å². The highest BCUT2D eigenvalue weighted by molar-refractivity contribution is 6.31. The van der Waals surface area contributed by atoms with E-state index in [4.69, 9.17) is 22.1 Å². The molecule has 1 amide bonds. The maximum absolute atomic E-state index is 12.4. The normalized spacial score (nSPS) is 11.7. The summed E-state index contributed by atoms with van der Waals surface area (Å²) in [6, 6.07) is 0.735. The molecular weight excluding hydrogens is 382 g/mol. The van der Waals surface area contributed by atoms with E-state index in [2.05, 4.69) is 10.3 Å². The molecular formula is C12H17Cl3F3N3O2. The van der Waals surface area contributed by atoms with Gasteiger partial charge >= 0.3 is 6.18 Å². The van der Waals surface area contributed by atoms with Crippen LogP contribution in [0.25, 0.3) is 0 Å². The molecule has 1 aromatic heterocycles. The van der Waals surface area contributed by atoms with E-state index >= 15 is 0 Å². The van der Waals surface area contributed by atoms with Crippen molar-refractivity contribution < 1.29 is 22.7 Å². The van der Waals surface area contributed by atoms with Crippen LogP contribution >= 0.6 is 36.4 Å². The van der Waals surface area contributed by atoms with Gasteiger partial charge in [-0.05, 0) is 6.07 Å². The summed E-state index contributed by atoms with van der Waals surface area (Å²) in [6.45, 7) is 2.09. The minimum atomic E-state index is -4.51. The number of carbonyl (C=O) groups excluding carboxylic acids is 1. The number of nitrogens with zero attached hydrogens (tertiary/aromatic N) is 1. The molecule has 1 heterocycles. The molecule has 0 radical (unpaired) electrons. The fraction of sp³-hybridized carbons (Fsp3) is 0.500. The van der Waals surface area contributed by atoms with Crippen molar-refractivity contribution in [1.29, 1.82) is 0 Å². The Morgan fingerprint density at radius 1 is 1.48 bits per heavy atom. The van der Waals surface area contributed by atoms with E-state index in [1.54, 1.807) is 6.92 Å². The summed E-state index contributed by atoms with van der Waals surface area (Å²) in [6.07, 6.45) is -3.88. The summed E-state index contributed by atoms with van der Waals surface area (Å²) >= 11 is 5.66. The molecule has 0 aliphatic rings. The zero-order chi connectivity index (χ0) is 16.0. The predicted octanol–water partition coefficient (Wildman–Crippen LogP) is 2.69. The van der Waals surface area contributed by atoms with E-state index in [0.29, 0.717) is 6.20 Å². The van der Waals surface area contributed by atoms with Crippen molar-refractivity contribution in [3.05, 3.63) is 22.8 Å². The Balaban J connectivity index is 0. The molecule has 0 saturated carbocycles. The van der Waals surface area contributed by atoms with Gasteiger partial charge in [0.2, 0.25) is 11.8 Å². The van der Waals surface area contributed by atoms with Gasteiger partial charge in [-0.15, -0.1) is 24.8 Å². The van der Waals surface area contributed by atoms with Gasteiger partial charge in [-0.1, -0.05) is 18.5 Å². The van der Waals surface area contributed by atoms with Crippen molar-refractivity contribution in [2.24, 2.45) is 11.7 Å². The second-order valence-corrected chi connectivity index (χ2v) is 4.69. The fourth-order valence-corrected chi connectivity index (χ4v) is 1.51. The number of nitrogens with two attached hydrogens (primary N) is 1. The molecule has 1 aromatic rings. The number of pyridine rings is 1.